The molecule has 0 fully saturated rings. The Morgan fingerprint density at radius 1 is 0.909 bits per heavy atom. The van der Waals surface area contributed by atoms with Crippen molar-refractivity contribution in [3.8, 4) is 0 Å². The van der Waals surface area contributed by atoms with Crippen LogP contribution < -0.4 is 0 Å². The lowest BCUT2D eigenvalue weighted by Crippen LogP contribution is -2.03. The lowest BCUT2D eigenvalue weighted by Gasteiger charge is -2.17. The molecule has 0 aromatic carbocycles. The molecule has 11 heavy (non-hydrogen) atoms. The van der Waals surface area contributed by atoms with Crippen molar-refractivity contribution in [2.75, 3.05) is 6.67 Å². The van der Waals surface area contributed by atoms with Crippen LogP contribution in [0.1, 0.15) is 52.9 Å². The van der Waals surface area contributed by atoms with Crippen molar-refractivity contribution >= 4 is 0 Å². The van der Waals surface area contributed by atoms with Crippen LogP contribution in [0.4, 0.5) is 4.39 Å². The van der Waals surface area contributed by atoms with Gasteiger partial charge < -0.3 is 0 Å². The summed E-state index contributed by atoms with van der Waals surface area (Å²) < 4.78 is 11.7. The van der Waals surface area contributed by atoms with Crippen LogP contribution in [0, 0.1) is 5.41 Å². The molecule has 0 aliphatic rings. The van der Waals surface area contributed by atoms with E-state index >= 15 is 0 Å². The standard InChI is InChI=1S/C10H21F/c1-10(2,3)8-6-4-5-7-9-11/h4-9H2,1-3H3. The van der Waals surface area contributed by atoms with Gasteiger partial charge in [-0.1, -0.05) is 40.0 Å². The lowest BCUT2D eigenvalue weighted by atomic mass is 9.89. The summed E-state index contributed by atoms with van der Waals surface area (Å²) in [5.41, 5.74) is 0.454. The Morgan fingerprint density at radius 3 is 1.91 bits per heavy atom. The number of rotatable bonds is 5. The SMILES string of the molecule is CC(C)(C)CCCCCCF. The van der Waals surface area contributed by atoms with E-state index in [4.69, 9.17) is 0 Å². The van der Waals surface area contributed by atoms with E-state index in [1.54, 1.807) is 0 Å². The normalized spacial score (nSPS) is 12.0. The summed E-state index contributed by atoms with van der Waals surface area (Å²) in [6.07, 6.45) is 5.53. The second kappa shape index (κ2) is 5.56. The van der Waals surface area contributed by atoms with Crippen LogP contribution in [-0.4, -0.2) is 6.67 Å². The Bertz CT molecular complexity index is 81.4. The lowest BCUT2D eigenvalue weighted by molar-refractivity contribution is 0.353. The number of hydrogen-bond acceptors (Lipinski definition) is 0. The third kappa shape index (κ3) is 9.93. The molecule has 0 unspecified atom stereocenters. The van der Waals surface area contributed by atoms with E-state index in [1.165, 1.54) is 19.3 Å². The van der Waals surface area contributed by atoms with Crippen LogP contribution in [0.15, 0.2) is 0 Å². The van der Waals surface area contributed by atoms with Crippen molar-refractivity contribution in [3.63, 3.8) is 0 Å². The average molecular weight is 160 g/mol. The van der Waals surface area contributed by atoms with Crippen LogP contribution in [0.3, 0.4) is 0 Å². The summed E-state index contributed by atoms with van der Waals surface area (Å²) in [5.74, 6) is 0. The van der Waals surface area contributed by atoms with Gasteiger partial charge in [0.05, 0.1) is 6.67 Å². The van der Waals surface area contributed by atoms with Crippen molar-refractivity contribution < 1.29 is 4.39 Å². The molecule has 0 bridgehead atoms. The average Bonchev–Trinajstić information content (AvgIpc) is 1.85. The van der Waals surface area contributed by atoms with Gasteiger partial charge in [0.1, 0.15) is 0 Å². The molecule has 68 valence electrons. The second-order valence-electron chi connectivity index (χ2n) is 4.41. The molecule has 0 nitrogen and oxygen atoms in total. The Kier molecular flexibility index (Phi) is 5.53. The fourth-order valence-electron chi connectivity index (χ4n) is 1.10. The molecular formula is C10H21F. The quantitative estimate of drug-likeness (QED) is 0.534. The monoisotopic (exact) mass is 160 g/mol. The Morgan fingerprint density at radius 2 is 1.45 bits per heavy atom. The summed E-state index contributed by atoms with van der Waals surface area (Å²) in [6.45, 7) is 6.61. The first-order valence-corrected chi connectivity index (χ1v) is 4.62. The van der Waals surface area contributed by atoms with Gasteiger partial charge in [0, 0.05) is 0 Å². The van der Waals surface area contributed by atoms with E-state index in [0.717, 1.165) is 12.8 Å². The molecule has 0 atom stereocenters. The van der Waals surface area contributed by atoms with Gasteiger partial charge in [-0.15, -0.1) is 0 Å². The maximum absolute atomic E-state index is 11.7. The number of halogens is 1. The highest BCUT2D eigenvalue weighted by atomic mass is 19.1. The van der Waals surface area contributed by atoms with Gasteiger partial charge in [0.2, 0.25) is 0 Å². The van der Waals surface area contributed by atoms with E-state index in [9.17, 15) is 4.39 Å². The molecule has 0 radical (unpaired) electrons. The van der Waals surface area contributed by atoms with Crippen LogP contribution in [0.25, 0.3) is 0 Å². The third-order valence-corrected chi connectivity index (χ3v) is 1.81. The van der Waals surface area contributed by atoms with Crippen molar-refractivity contribution in [2.24, 2.45) is 5.41 Å². The molecule has 0 aromatic rings. The van der Waals surface area contributed by atoms with E-state index < -0.39 is 0 Å². The zero-order valence-electron chi connectivity index (χ0n) is 8.12. The van der Waals surface area contributed by atoms with Crippen molar-refractivity contribution in [1.82, 2.24) is 0 Å². The van der Waals surface area contributed by atoms with Gasteiger partial charge in [-0.3, -0.25) is 4.39 Å². The van der Waals surface area contributed by atoms with Crippen molar-refractivity contribution in [3.05, 3.63) is 0 Å². The maximum atomic E-state index is 11.7. The van der Waals surface area contributed by atoms with E-state index in [-0.39, 0.29) is 6.67 Å². The van der Waals surface area contributed by atoms with E-state index in [0.29, 0.717) is 5.41 Å². The molecule has 0 N–H and O–H groups in total. The number of unbranched alkanes of at least 4 members (excludes halogenated alkanes) is 3. The molecule has 0 aliphatic carbocycles. The largest absolute Gasteiger partial charge is 0.251 e. The summed E-state index contributed by atoms with van der Waals surface area (Å²) >= 11 is 0. The minimum Gasteiger partial charge on any atom is -0.251 e. The molecule has 0 aromatic heterocycles. The van der Waals surface area contributed by atoms with E-state index in [2.05, 4.69) is 20.8 Å². The Labute approximate surface area is 70.2 Å². The minimum atomic E-state index is -0.143. The third-order valence-electron chi connectivity index (χ3n) is 1.81. The first-order chi connectivity index (χ1) is 5.06. The Balaban J connectivity index is 3.02. The molecule has 0 heterocycles. The van der Waals surface area contributed by atoms with E-state index in [1.807, 2.05) is 0 Å². The molecule has 0 saturated heterocycles. The molecule has 0 saturated carbocycles. The second-order valence-corrected chi connectivity index (χ2v) is 4.41. The van der Waals surface area contributed by atoms with Gasteiger partial charge in [-0.25, -0.2) is 0 Å². The van der Waals surface area contributed by atoms with Gasteiger partial charge in [-0.2, -0.15) is 0 Å². The maximum Gasteiger partial charge on any atom is 0.0894 e. The van der Waals surface area contributed by atoms with Gasteiger partial charge in [0.25, 0.3) is 0 Å². The van der Waals surface area contributed by atoms with Crippen molar-refractivity contribution in [2.45, 2.75) is 52.9 Å². The van der Waals surface area contributed by atoms with Crippen LogP contribution in [0.2, 0.25) is 0 Å². The summed E-state index contributed by atoms with van der Waals surface area (Å²) in [6, 6.07) is 0. The smallest absolute Gasteiger partial charge is 0.0894 e. The molecule has 0 spiro atoms. The van der Waals surface area contributed by atoms with Gasteiger partial charge in [-0.05, 0) is 18.3 Å². The topological polar surface area (TPSA) is 0 Å². The highest BCUT2D eigenvalue weighted by Crippen LogP contribution is 2.22. The summed E-state index contributed by atoms with van der Waals surface area (Å²) in [5, 5.41) is 0. The molecule has 0 aliphatic heterocycles. The Hall–Kier alpha value is -0.0700. The first-order valence-electron chi connectivity index (χ1n) is 4.62. The van der Waals surface area contributed by atoms with Gasteiger partial charge in [0.15, 0.2) is 0 Å². The number of alkyl halides is 1. The summed E-state index contributed by atoms with van der Waals surface area (Å²) in [7, 11) is 0. The van der Waals surface area contributed by atoms with Gasteiger partial charge >= 0.3 is 0 Å². The molecule has 0 amide bonds. The minimum absolute atomic E-state index is 0.143. The fourth-order valence-corrected chi connectivity index (χ4v) is 1.10. The first kappa shape index (κ1) is 10.9. The summed E-state index contributed by atoms with van der Waals surface area (Å²) in [4.78, 5) is 0. The highest BCUT2D eigenvalue weighted by molar-refractivity contribution is 4.60. The molecular weight excluding hydrogens is 139 g/mol. The van der Waals surface area contributed by atoms with Crippen LogP contribution >= 0.6 is 0 Å². The zero-order valence-corrected chi connectivity index (χ0v) is 8.12. The van der Waals surface area contributed by atoms with Crippen molar-refractivity contribution in [1.29, 1.82) is 0 Å². The van der Waals surface area contributed by atoms with Crippen LogP contribution in [-0.2, 0) is 0 Å². The fraction of sp³-hybridized carbons (Fsp3) is 1.00. The molecule has 0 rings (SSSR count). The van der Waals surface area contributed by atoms with Crippen LogP contribution in [0.5, 0.6) is 0 Å². The molecule has 1 heteroatoms. The number of hydrogen-bond donors (Lipinski definition) is 0. The zero-order chi connectivity index (χ0) is 8.74. The predicted octanol–water partition coefficient (Wildman–Crippen LogP) is 3.95. The predicted molar refractivity (Wildman–Crippen MR) is 48.5 cm³/mol. The highest BCUT2D eigenvalue weighted by Gasteiger charge is 2.08.